The van der Waals surface area contributed by atoms with Crippen LogP contribution >= 0.6 is 35.0 Å². The topological polar surface area (TPSA) is 185 Å². The van der Waals surface area contributed by atoms with Crippen LogP contribution < -0.4 is 16.0 Å². The van der Waals surface area contributed by atoms with Gasteiger partial charge in [-0.25, -0.2) is 0 Å². The minimum Gasteiger partial charge on any atom is -0.481 e. The maximum absolute atomic E-state index is 12.8. The number of aliphatic carboxylic acids is 1. The van der Waals surface area contributed by atoms with Crippen LogP contribution in [0, 0.1) is 5.92 Å². The van der Waals surface area contributed by atoms with Gasteiger partial charge < -0.3 is 21.1 Å². The number of hydrogen-bond donors (Lipinski definition) is 4. The quantitative estimate of drug-likeness (QED) is 0.266. The third-order valence-electron chi connectivity index (χ3n) is 4.99. The summed E-state index contributed by atoms with van der Waals surface area (Å²) in [6.45, 7) is 5.58. The highest BCUT2D eigenvalue weighted by molar-refractivity contribution is 7.99. The van der Waals surface area contributed by atoms with Gasteiger partial charge in [0.1, 0.15) is 24.7 Å². The molecule has 1 heterocycles. The largest absolute Gasteiger partial charge is 0.481 e. The van der Waals surface area contributed by atoms with Crippen LogP contribution in [-0.4, -0.2) is 72.9 Å². The first-order valence-electron chi connectivity index (χ1n) is 11.3. The minimum atomic E-state index is -1.43. The second-order valence-electron chi connectivity index (χ2n) is 8.53. The Balaban J connectivity index is 2.05. The third kappa shape index (κ3) is 9.26. The zero-order valence-corrected chi connectivity index (χ0v) is 23.2. The Bertz CT molecular complexity index is 1190. The van der Waals surface area contributed by atoms with Crippen LogP contribution in [0.4, 0.5) is 0 Å². The maximum atomic E-state index is 12.8. The molecule has 2 aromatic rings. The van der Waals surface area contributed by atoms with E-state index in [1.807, 2.05) is 0 Å². The van der Waals surface area contributed by atoms with Crippen LogP contribution in [-0.2, 0) is 30.5 Å². The highest BCUT2D eigenvalue weighted by Crippen LogP contribution is 2.36. The summed E-state index contributed by atoms with van der Waals surface area (Å²) in [5.41, 5.74) is 0. The Hall–Kier alpha value is -3.23. The lowest BCUT2D eigenvalue weighted by Crippen LogP contribution is -2.56. The van der Waals surface area contributed by atoms with Crippen LogP contribution in [0.2, 0.25) is 10.0 Å². The molecule has 1 aromatic heterocycles. The molecular weight excluding hydrogens is 561 g/mol. The number of Topliss-reactive ketones (excluding diaryl/α,β-unsaturated/α-hetero) is 1. The van der Waals surface area contributed by atoms with Crippen molar-refractivity contribution in [2.45, 2.75) is 68.8 Å². The minimum absolute atomic E-state index is 0.141. The molecule has 16 heteroatoms. The number of carbonyl (C=O) groups excluding carboxylic acids is 4. The lowest BCUT2D eigenvalue weighted by Gasteiger charge is -2.24. The molecule has 0 saturated carbocycles. The molecule has 0 fully saturated rings. The highest BCUT2D eigenvalue weighted by Gasteiger charge is 2.29. The normalized spacial score (nSPS) is 13.3. The van der Waals surface area contributed by atoms with Gasteiger partial charge in [0.25, 0.3) is 0 Å². The van der Waals surface area contributed by atoms with Crippen molar-refractivity contribution in [3.63, 3.8) is 0 Å². The predicted octanol–water partition coefficient (Wildman–Crippen LogP) is 1.33. The number of nitrogens with zero attached hydrogens (tertiary/aromatic N) is 4. The third-order valence-corrected chi connectivity index (χ3v) is 6.83. The summed E-state index contributed by atoms with van der Waals surface area (Å²) in [7, 11) is 0. The molecular formula is C22H27Cl2N7O6S. The second kappa shape index (κ2) is 14.1. The van der Waals surface area contributed by atoms with Crippen molar-refractivity contribution in [2.24, 2.45) is 5.92 Å². The van der Waals surface area contributed by atoms with Crippen molar-refractivity contribution in [1.82, 2.24) is 36.2 Å². The lowest BCUT2D eigenvalue weighted by atomic mass is 10.0. The van der Waals surface area contributed by atoms with Gasteiger partial charge in [-0.3, -0.25) is 24.0 Å². The van der Waals surface area contributed by atoms with Gasteiger partial charge in [-0.05, 0) is 41.9 Å². The van der Waals surface area contributed by atoms with E-state index in [2.05, 4.69) is 31.4 Å². The fourth-order valence-electron chi connectivity index (χ4n) is 3.10. The summed E-state index contributed by atoms with van der Waals surface area (Å²) in [6.07, 6.45) is -0.711. The number of ketones is 1. The zero-order chi connectivity index (χ0) is 28.6. The monoisotopic (exact) mass is 587 g/mol. The number of carbonyl (C=O) groups is 5. The van der Waals surface area contributed by atoms with E-state index in [-0.39, 0.29) is 11.1 Å². The molecule has 38 heavy (non-hydrogen) atoms. The molecule has 0 aliphatic rings. The van der Waals surface area contributed by atoms with E-state index in [4.69, 9.17) is 23.2 Å². The van der Waals surface area contributed by atoms with Crippen molar-refractivity contribution in [1.29, 1.82) is 0 Å². The van der Waals surface area contributed by atoms with E-state index in [0.717, 1.165) is 16.6 Å². The molecule has 0 aliphatic heterocycles. The smallest absolute Gasteiger partial charge is 0.305 e. The highest BCUT2D eigenvalue weighted by atomic mass is 35.5. The summed E-state index contributed by atoms with van der Waals surface area (Å²) >= 11 is 13.3. The fraction of sp³-hybridized carbons (Fsp3) is 0.455. The molecule has 3 atom stereocenters. The number of tetrazole rings is 1. The van der Waals surface area contributed by atoms with E-state index in [0.29, 0.717) is 14.9 Å². The van der Waals surface area contributed by atoms with Gasteiger partial charge in [-0.1, -0.05) is 43.1 Å². The van der Waals surface area contributed by atoms with Crippen LogP contribution in [0.3, 0.4) is 0 Å². The molecule has 13 nitrogen and oxygen atoms in total. The van der Waals surface area contributed by atoms with Crippen LogP contribution in [0.25, 0.3) is 0 Å². The molecule has 0 saturated heterocycles. The summed E-state index contributed by atoms with van der Waals surface area (Å²) in [4.78, 5) is 62.2. The number of amides is 3. The number of rotatable bonds is 13. The van der Waals surface area contributed by atoms with Gasteiger partial charge in [0.05, 0.1) is 21.4 Å². The molecule has 1 aromatic carbocycles. The first-order valence-corrected chi connectivity index (χ1v) is 12.9. The second-order valence-corrected chi connectivity index (χ2v) is 10.3. The van der Waals surface area contributed by atoms with Crippen molar-refractivity contribution in [3.8, 4) is 0 Å². The number of carboxylic acids is 1. The molecule has 0 bridgehead atoms. The van der Waals surface area contributed by atoms with Gasteiger partial charge in [0.15, 0.2) is 5.78 Å². The van der Waals surface area contributed by atoms with Crippen molar-refractivity contribution >= 4 is 64.4 Å². The van der Waals surface area contributed by atoms with Gasteiger partial charge in [-0.15, -0.1) is 10.2 Å². The average molecular weight is 588 g/mol. The maximum Gasteiger partial charge on any atom is 0.305 e. The first kappa shape index (κ1) is 31.0. The molecule has 0 aliphatic carbocycles. The number of nitrogens with one attached hydrogen (secondary N) is 3. The predicted molar refractivity (Wildman–Crippen MR) is 138 cm³/mol. The Labute approximate surface area is 232 Å². The van der Waals surface area contributed by atoms with Crippen LogP contribution in [0.15, 0.2) is 28.3 Å². The number of benzene rings is 1. The van der Waals surface area contributed by atoms with Gasteiger partial charge in [0, 0.05) is 6.92 Å². The lowest BCUT2D eigenvalue weighted by molar-refractivity contribution is -0.140. The van der Waals surface area contributed by atoms with Crippen molar-refractivity contribution in [2.75, 3.05) is 0 Å². The Morgan fingerprint density at radius 2 is 1.66 bits per heavy atom. The standard InChI is InChI=1S/C22H27Cl2N7O6S/c1-10(2)18(26-12(4)32)21(37)25-11(3)20(36)27-15(8-17(34)35)16(33)9-31-29-22(28-30-31)38-19-13(23)6-5-7-14(19)24/h5-7,10-11,15,18H,8-9H2,1-4H3,(H,25,37)(H,26,32)(H,27,36)(H,34,35). The Morgan fingerprint density at radius 1 is 1.03 bits per heavy atom. The molecule has 3 amide bonds. The van der Waals surface area contributed by atoms with E-state index >= 15 is 0 Å². The number of aromatic nitrogens is 4. The number of hydrogen-bond acceptors (Lipinski definition) is 9. The molecule has 3 unspecified atom stereocenters. The first-order chi connectivity index (χ1) is 17.8. The van der Waals surface area contributed by atoms with Gasteiger partial charge >= 0.3 is 5.97 Å². The van der Waals surface area contributed by atoms with Crippen LogP contribution in [0.5, 0.6) is 0 Å². The van der Waals surface area contributed by atoms with Crippen molar-refractivity contribution < 1.29 is 29.1 Å². The summed E-state index contributed by atoms with van der Waals surface area (Å²) in [6, 6.07) is 1.49. The molecule has 4 N–H and O–H groups in total. The molecule has 2 rings (SSSR count). The summed E-state index contributed by atoms with van der Waals surface area (Å²) < 4.78 is 0. The van der Waals surface area contributed by atoms with Gasteiger partial charge in [-0.2, -0.15) is 4.80 Å². The Kier molecular flexibility index (Phi) is 11.5. The van der Waals surface area contributed by atoms with E-state index in [1.165, 1.54) is 13.8 Å². The van der Waals surface area contributed by atoms with E-state index < -0.39 is 60.6 Å². The fourth-order valence-corrected chi connectivity index (χ4v) is 4.45. The van der Waals surface area contributed by atoms with E-state index in [9.17, 15) is 29.1 Å². The summed E-state index contributed by atoms with van der Waals surface area (Å²) in [5.74, 6) is -4.11. The Morgan fingerprint density at radius 3 is 2.21 bits per heavy atom. The number of carboxylic acid groups (broad SMARTS) is 1. The van der Waals surface area contributed by atoms with E-state index in [1.54, 1.807) is 32.0 Å². The van der Waals surface area contributed by atoms with Crippen LogP contribution in [0.1, 0.15) is 34.1 Å². The average Bonchev–Trinajstić information content (AvgIpc) is 3.25. The van der Waals surface area contributed by atoms with Gasteiger partial charge in [0.2, 0.25) is 22.9 Å². The molecule has 0 radical (unpaired) electrons. The number of halogens is 2. The molecule has 206 valence electrons. The summed E-state index contributed by atoms with van der Waals surface area (Å²) in [5, 5.41) is 29.1. The SMILES string of the molecule is CC(=O)NC(C(=O)NC(C)C(=O)NC(CC(=O)O)C(=O)Cn1nnc(Sc2c(Cl)cccc2Cl)n1)C(C)C. The molecule has 0 spiro atoms. The van der Waals surface area contributed by atoms with Crippen molar-refractivity contribution in [3.05, 3.63) is 28.2 Å². The zero-order valence-electron chi connectivity index (χ0n) is 20.9.